The Morgan fingerprint density at radius 2 is 2.20 bits per heavy atom. The molecule has 1 atom stereocenters. The van der Waals surface area contributed by atoms with Crippen LogP contribution in [0.15, 0.2) is 16.5 Å². The molecule has 4 nitrogen and oxygen atoms in total. The van der Waals surface area contributed by atoms with Crippen molar-refractivity contribution in [2.75, 3.05) is 14.1 Å². The minimum absolute atomic E-state index is 0.0679. The average molecular weight is 210 g/mol. The zero-order valence-corrected chi connectivity index (χ0v) is 9.70. The van der Waals surface area contributed by atoms with Gasteiger partial charge >= 0.3 is 0 Å². The summed E-state index contributed by atoms with van der Waals surface area (Å²) in [5, 5.41) is 3.11. The molecule has 1 aromatic heterocycles. The molecule has 1 heterocycles. The fourth-order valence-electron chi connectivity index (χ4n) is 1.31. The van der Waals surface area contributed by atoms with Gasteiger partial charge in [0.25, 0.3) is 0 Å². The van der Waals surface area contributed by atoms with Crippen molar-refractivity contribution in [2.24, 2.45) is 0 Å². The SMILES string of the molecule is Cc1ccc(CN[C@H](C)C(=O)N(C)C)o1. The summed E-state index contributed by atoms with van der Waals surface area (Å²) in [7, 11) is 3.50. The summed E-state index contributed by atoms with van der Waals surface area (Å²) < 4.78 is 5.39. The quantitative estimate of drug-likeness (QED) is 0.811. The first-order valence-corrected chi connectivity index (χ1v) is 5.00. The van der Waals surface area contributed by atoms with Gasteiger partial charge in [-0.3, -0.25) is 10.1 Å². The lowest BCUT2D eigenvalue weighted by Crippen LogP contribution is -2.41. The highest BCUT2D eigenvalue weighted by molar-refractivity contribution is 5.80. The number of hydrogen-bond donors (Lipinski definition) is 1. The fraction of sp³-hybridized carbons (Fsp3) is 0.545. The van der Waals surface area contributed by atoms with E-state index >= 15 is 0 Å². The zero-order chi connectivity index (χ0) is 11.4. The fourth-order valence-corrected chi connectivity index (χ4v) is 1.31. The van der Waals surface area contributed by atoms with Gasteiger partial charge in [-0.1, -0.05) is 0 Å². The lowest BCUT2D eigenvalue weighted by atomic mass is 10.3. The Hall–Kier alpha value is -1.29. The number of aryl methyl sites for hydroxylation is 1. The first-order chi connectivity index (χ1) is 7.00. The Labute approximate surface area is 90.3 Å². The van der Waals surface area contributed by atoms with Gasteiger partial charge < -0.3 is 9.32 Å². The van der Waals surface area contributed by atoms with E-state index in [4.69, 9.17) is 4.42 Å². The Morgan fingerprint density at radius 1 is 1.53 bits per heavy atom. The number of likely N-dealkylation sites (N-methyl/N-ethyl adjacent to an activating group) is 1. The molecule has 84 valence electrons. The van der Waals surface area contributed by atoms with E-state index in [-0.39, 0.29) is 11.9 Å². The van der Waals surface area contributed by atoms with Crippen LogP contribution in [0.4, 0.5) is 0 Å². The van der Waals surface area contributed by atoms with Crippen molar-refractivity contribution in [3.63, 3.8) is 0 Å². The third-order valence-corrected chi connectivity index (χ3v) is 2.19. The van der Waals surface area contributed by atoms with E-state index in [1.807, 2.05) is 26.0 Å². The molecule has 0 radical (unpaired) electrons. The standard InChI is InChI=1S/C11H18N2O2/c1-8-5-6-10(15-8)7-12-9(2)11(14)13(3)4/h5-6,9,12H,7H2,1-4H3/t9-/m1/s1. The number of nitrogens with one attached hydrogen (secondary N) is 1. The molecule has 0 aliphatic carbocycles. The van der Waals surface area contributed by atoms with Crippen LogP contribution in [0.25, 0.3) is 0 Å². The van der Waals surface area contributed by atoms with Crippen LogP contribution in [0.1, 0.15) is 18.4 Å². The molecule has 0 saturated heterocycles. The van der Waals surface area contributed by atoms with E-state index in [1.54, 1.807) is 19.0 Å². The summed E-state index contributed by atoms with van der Waals surface area (Å²) in [6, 6.07) is 3.63. The molecule has 0 saturated carbocycles. The molecular weight excluding hydrogens is 192 g/mol. The molecule has 0 aliphatic heterocycles. The van der Waals surface area contributed by atoms with Crippen LogP contribution < -0.4 is 5.32 Å². The van der Waals surface area contributed by atoms with Crippen LogP contribution in [0.5, 0.6) is 0 Å². The maximum atomic E-state index is 11.5. The Balaban J connectivity index is 2.40. The lowest BCUT2D eigenvalue weighted by Gasteiger charge is -2.17. The summed E-state index contributed by atoms with van der Waals surface area (Å²) >= 11 is 0. The van der Waals surface area contributed by atoms with Crippen molar-refractivity contribution < 1.29 is 9.21 Å². The van der Waals surface area contributed by atoms with Gasteiger partial charge in [-0.15, -0.1) is 0 Å². The van der Waals surface area contributed by atoms with E-state index in [2.05, 4.69) is 5.32 Å². The average Bonchev–Trinajstić information content (AvgIpc) is 2.59. The molecule has 15 heavy (non-hydrogen) atoms. The van der Waals surface area contributed by atoms with E-state index in [0.717, 1.165) is 11.5 Å². The van der Waals surface area contributed by atoms with Crippen molar-refractivity contribution in [3.8, 4) is 0 Å². The van der Waals surface area contributed by atoms with Crippen LogP contribution >= 0.6 is 0 Å². The van der Waals surface area contributed by atoms with Gasteiger partial charge in [0.05, 0.1) is 12.6 Å². The molecule has 0 fully saturated rings. The Bertz CT molecular complexity index is 331. The van der Waals surface area contributed by atoms with Crippen LogP contribution in [-0.2, 0) is 11.3 Å². The van der Waals surface area contributed by atoms with E-state index in [0.29, 0.717) is 6.54 Å². The highest BCUT2D eigenvalue weighted by Crippen LogP contribution is 2.05. The number of furan rings is 1. The highest BCUT2D eigenvalue weighted by Gasteiger charge is 2.14. The molecule has 4 heteroatoms. The molecular formula is C11H18N2O2. The van der Waals surface area contributed by atoms with E-state index < -0.39 is 0 Å². The highest BCUT2D eigenvalue weighted by atomic mass is 16.3. The van der Waals surface area contributed by atoms with E-state index in [9.17, 15) is 4.79 Å². The number of rotatable bonds is 4. The van der Waals surface area contributed by atoms with Crippen LogP contribution in [-0.4, -0.2) is 30.9 Å². The van der Waals surface area contributed by atoms with Gasteiger partial charge in [0.2, 0.25) is 5.91 Å². The normalized spacial score (nSPS) is 12.5. The van der Waals surface area contributed by atoms with Crippen LogP contribution in [0, 0.1) is 6.92 Å². The molecule has 0 spiro atoms. The van der Waals surface area contributed by atoms with Crippen molar-refractivity contribution >= 4 is 5.91 Å². The zero-order valence-electron chi connectivity index (χ0n) is 9.70. The van der Waals surface area contributed by atoms with Gasteiger partial charge in [0.1, 0.15) is 11.5 Å². The smallest absolute Gasteiger partial charge is 0.238 e. The monoisotopic (exact) mass is 210 g/mol. The van der Waals surface area contributed by atoms with Crippen molar-refractivity contribution in [3.05, 3.63) is 23.7 Å². The summed E-state index contributed by atoms with van der Waals surface area (Å²) in [5.41, 5.74) is 0. The van der Waals surface area contributed by atoms with Crippen molar-refractivity contribution in [1.82, 2.24) is 10.2 Å². The van der Waals surface area contributed by atoms with Gasteiger partial charge in [-0.2, -0.15) is 0 Å². The van der Waals surface area contributed by atoms with Crippen molar-refractivity contribution in [1.29, 1.82) is 0 Å². The first-order valence-electron chi connectivity index (χ1n) is 5.00. The van der Waals surface area contributed by atoms with Gasteiger partial charge in [-0.05, 0) is 26.0 Å². The number of amides is 1. The second-order valence-corrected chi connectivity index (χ2v) is 3.85. The molecule has 1 amide bonds. The molecule has 1 N–H and O–H groups in total. The summed E-state index contributed by atoms with van der Waals surface area (Å²) in [6.07, 6.45) is 0. The number of nitrogens with zero attached hydrogens (tertiary/aromatic N) is 1. The predicted molar refractivity (Wildman–Crippen MR) is 58.4 cm³/mol. The van der Waals surface area contributed by atoms with Gasteiger partial charge in [0, 0.05) is 14.1 Å². The Morgan fingerprint density at radius 3 is 2.67 bits per heavy atom. The topological polar surface area (TPSA) is 45.5 Å². The summed E-state index contributed by atoms with van der Waals surface area (Å²) in [5.74, 6) is 1.81. The molecule has 0 aromatic carbocycles. The molecule has 1 rings (SSSR count). The number of carbonyl (C=O) groups is 1. The maximum Gasteiger partial charge on any atom is 0.238 e. The first kappa shape index (κ1) is 11.8. The Kier molecular flexibility index (Phi) is 3.91. The third-order valence-electron chi connectivity index (χ3n) is 2.19. The third kappa shape index (κ3) is 3.40. The molecule has 0 aliphatic rings. The minimum atomic E-state index is -0.189. The minimum Gasteiger partial charge on any atom is -0.465 e. The lowest BCUT2D eigenvalue weighted by molar-refractivity contribution is -0.130. The largest absolute Gasteiger partial charge is 0.465 e. The molecule has 0 unspecified atom stereocenters. The number of hydrogen-bond acceptors (Lipinski definition) is 3. The molecule has 0 bridgehead atoms. The maximum absolute atomic E-state index is 11.5. The second kappa shape index (κ2) is 4.98. The van der Waals surface area contributed by atoms with Gasteiger partial charge in [-0.25, -0.2) is 0 Å². The summed E-state index contributed by atoms with van der Waals surface area (Å²) in [4.78, 5) is 13.1. The van der Waals surface area contributed by atoms with Gasteiger partial charge in [0.15, 0.2) is 0 Å². The van der Waals surface area contributed by atoms with Crippen LogP contribution in [0.3, 0.4) is 0 Å². The number of carbonyl (C=O) groups excluding carboxylic acids is 1. The summed E-state index contributed by atoms with van der Waals surface area (Å²) in [6.45, 7) is 4.32. The van der Waals surface area contributed by atoms with Crippen LogP contribution in [0.2, 0.25) is 0 Å². The second-order valence-electron chi connectivity index (χ2n) is 3.85. The van der Waals surface area contributed by atoms with E-state index in [1.165, 1.54) is 0 Å². The van der Waals surface area contributed by atoms with Crippen molar-refractivity contribution in [2.45, 2.75) is 26.4 Å². The predicted octanol–water partition coefficient (Wildman–Crippen LogP) is 1.15. The molecule has 1 aromatic rings.